The second-order valence-electron chi connectivity index (χ2n) is 12.1. The summed E-state index contributed by atoms with van der Waals surface area (Å²) < 4.78 is 2.61. The largest absolute Gasteiger partial charge is 0.310 e. The van der Waals surface area contributed by atoms with E-state index in [2.05, 4.69) is 193 Å². The Bertz CT molecular complexity index is 2530. The van der Waals surface area contributed by atoms with E-state index in [1.165, 1.54) is 64.3 Å². The Balaban J connectivity index is 1.18. The minimum atomic E-state index is 1.12. The molecule has 0 amide bonds. The fourth-order valence-corrected chi connectivity index (χ4v) is 8.09. The van der Waals surface area contributed by atoms with Gasteiger partial charge in [-0.2, -0.15) is 0 Å². The number of fused-ring (bicyclic) bond motifs is 4. The van der Waals surface area contributed by atoms with Crippen LogP contribution in [0.1, 0.15) is 0 Å². The highest BCUT2D eigenvalue weighted by Gasteiger charge is 2.17. The lowest BCUT2D eigenvalue weighted by atomic mass is 9.89. The van der Waals surface area contributed by atoms with Crippen LogP contribution in [-0.2, 0) is 0 Å². The number of nitrogens with zero attached hydrogens (tertiary/aromatic N) is 1. The van der Waals surface area contributed by atoms with Gasteiger partial charge in [0.05, 0.1) is 0 Å². The average molecular weight is 630 g/mol. The molecule has 0 fully saturated rings. The zero-order valence-corrected chi connectivity index (χ0v) is 27.1. The predicted octanol–water partition coefficient (Wildman–Crippen LogP) is 13.7. The van der Waals surface area contributed by atoms with Crippen LogP contribution in [0.5, 0.6) is 0 Å². The topological polar surface area (TPSA) is 3.24 Å². The molecular formula is C46H31NS. The maximum Gasteiger partial charge on any atom is 0.0476 e. The van der Waals surface area contributed by atoms with Gasteiger partial charge >= 0.3 is 0 Å². The van der Waals surface area contributed by atoms with Crippen LogP contribution in [0.4, 0.5) is 17.1 Å². The standard InChI is InChI=1S/C46H31NS/c1-3-11-32(12-4-1)33-19-24-37(25-20-33)47(39-28-30-43-42-17-9-10-18-44(42)48-45(43)31-39)38-26-21-36(22-27-38)46-40-16-8-7-15-35(40)23-29-41(46)34-13-5-2-6-14-34/h1-31H. The van der Waals surface area contributed by atoms with E-state index in [4.69, 9.17) is 0 Å². The third-order valence-corrected chi connectivity index (χ3v) is 10.4. The molecule has 0 spiro atoms. The molecule has 0 radical (unpaired) electrons. The summed E-state index contributed by atoms with van der Waals surface area (Å²) in [6.07, 6.45) is 0. The molecule has 0 atom stereocenters. The molecule has 0 unspecified atom stereocenters. The molecule has 0 aliphatic carbocycles. The molecule has 0 aliphatic heterocycles. The van der Waals surface area contributed by atoms with Crippen LogP contribution in [0.3, 0.4) is 0 Å². The van der Waals surface area contributed by atoms with E-state index in [0.29, 0.717) is 0 Å². The highest BCUT2D eigenvalue weighted by Crippen LogP contribution is 2.43. The maximum absolute atomic E-state index is 2.38. The molecule has 0 N–H and O–H groups in total. The van der Waals surface area contributed by atoms with Crippen LogP contribution in [0.25, 0.3) is 64.3 Å². The third-order valence-electron chi connectivity index (χ3n) is 9.28. The van der Waals surface area contributed by atoms with E-state index >= 15 is 0 Å². The first-order valence-electron chi connectivity index (χ1n) is 16.3. The zero-order chi connectivity index (χ0) is 31.9. The van der Waals surface area contributed by atoms with Gasteiger partial charge in [-0.25, -0.2) is 0 Å². The van der Waals surface area contributed by atoms with Crippen molar-refractivity contribution in [1.29, 1.82) is 0 Å². The first-order valence-corrected chi connectivity index (χ1v) is 17.2. The molecule has 9 aromatic rings. The smallest absolute Gasteiger partial charge is 0.0476 e. The summed E-state index contributed by atoms with van der Waals surface area (Å²) in [5.74, 6) is 0. The molecule has 1 nitrogen and oxygen atoms in total. The van der Waals surface area contributed by atoms with E-state index in [1.807, 2.05) is 11.3 Å². The van der Waals surface area contributed by atoms with Gasteiger partial charge < -0.3 is 4.90 Å². The number of benzene rings is 8. The van der Waals surface area contributed by atoms with Crippen molar-refractivity contribution in [2.24, 2.45) is 0 Å². The molecule has 1 heterocycles. The molecule has 0 saturated carbocycles. The van der Waals surface area contributed by atoms with Crippen molar-refractivity contribution in [3.63, 3.8) is 0 Å². The maximum atomic E-state index is 2.38. The Kier molecular flexibility index (Phi) is 7.07. The van der Waals surface area contributed by atoms with E-state index < -0.39 is 0 Å². The minimum absolute atomic E-state index is 1.12. The van der Waals surface area contributed by atoms with Crippen LogP contribution in [0.2, 0.25) is 0 Å². The van der Waals surface area contributed by atoms with Crippen molar-refractivity contribution in [1.82, 2.24) is 0 Å². The number of hydrogen-bond acceptors (Lipinski definition) is 2. The van der Waals surface area contributed by atoms with E-state index in [9.17, 15) is 0 Å². The Labute approximate surface area is 284 Å². The summed E-state index contributed by atoms with van der Waals surface area (Å²) in [5, 5.41) is 5.12. The molecule has 48 heavy (non-hydrogen) atoms. The predicted molar refractivity (Wildman–Crippen MR) is 208 cm³/mol. The summed E-state index contributed by atoms with van der Waals surface area (Å²) in [6.45, 7) is 0. The van der Waals surface area contributed by atoms with Gasteiger partial charge in [-0.05, 0) is 86.6 Å². The third kappa shape index (κ3) is 5.04. The van der Waals surface area contributed by atoms with Crippen LogP contribution in [-0.4, -0.2) is 0 Å². The molecule has 0 saturated heterocycles. The van der Waals surface area contributed by atoms with Crippen molar-refractivity contribution in [3.05, 3.63) is 188 Å². The van der Waals surface area contributed by atoms with Crippen molar-refractivity contribution in [2.45, 2.75) is 0 Å². The van der Waals surface area contributed by atoms with E-state index in [1.54, 1.807) is 0 Å². The van der Waals surface area contributed by atoms with E-state index in [0.717, 1.165) is 17.1 Å². The van der Waals surface area contributed by atoms with Crippen molar-refractivity contribution >= 4 is 59.3 Å². The minimum Gasteiger partial charge on any atom is -0.310 e. The highest BCUT2D eigenvalue weighted by atomic mass is 32.1. The number of rotatable bonds is 6. The van der Waals surface area contributed by atoms with Gasteiger partial charge in [0.15, 0.2) is 0 Å². The highest BCUT2D eigenvalue weighted by molar-refractivity contribution is 7.25. The monoisotopic (exact) mass is 629 g/mol. The Morgan fingerprint density at radius 1 is 0.333 bits per heavy atom. The molecule has 226 valence electrons. The van der Waals surface area contributed by atoms with Crippen molar-refractivity contribution < 1.29 is 0 Å². The summed E-state index contributed by atoms with van der Waals surface area (Å²) in [4.78, 5) is 2.38. The quantitative estimate of drug-likeness (QED) is 0.177. The lowest BCUT2D eigenvalue weighted by molar-refractivity contribution is 1.29. The number of hydrogen-bond donors (Lipinski definition) is 0. The van der Waals surface area contributed by atoms with Gasteiger partial charge in [0, 0.05) is 37.2 Å². The molecule has 1 aromatic heterocycles. The van der Waals surface area contributed by atoms with Crippen molar-refractivity contribution in [3.8, 4) is 33.4 Å². The molecule has 0 aliphatic rings. The summed E-state index contributed by atoms with van der Waals surface area (Å²) >= 11 is 1.86. The lowest BCUT2D eigenvalue weighted by Crippen LogP contribution is -2.09. The fraction of sp³-hybridized carbons (Fsp3) is 0. The summed E-state index contributed by atoms with van der Waals surface area (Å²) in [7, 11) is 0. The van der Waals surface area contributed by atoms with Crippen LogP contribution in [0, 0.1) is 0 Å². The molecular weight excluding hydrogens is 599 g/mol. The lowest BCUT2D eigenvalue weighted by Gasteiger charge is -2.26. The second kappa shape index (κ2) is 12.0. The summed E-state index contributed by atoms with van der Waals surface area (Å²) in [5.41, 5.74) is 10.7. The van der Waals surface area contributed by atoms with Gasteiger partial charge in [-0.15, -0.1) is 11.3 Å². The average Bonchev–Trinajstić information content (AvgIpc) is 3.54. The molecule has 9 rings (SSSR count). The van der Waals surface area contributed by atoms with Crippen molar-refractivity contribution in [2.75, 3.05) is 4.90 Å². The van der Waals surface area contributed by atoms with Crippen LogP contribution < -0.4 is 4.90 Å². The zero-order valence-electron chi connectivity index (χ0n) is 26.3. The Morgan fingerprint density at radius 2 is 0.875 bits per heavy atom. The molecule has 8 aromatic carbocycles. The molecule has 2 heteroatoms. The first-order chi connectivity index (χ1) is 23.8. The Morgan fingerprint density at radius 3 is 1.60 bits per heavy atom. The van der Waals surface area contributed by atoms with Gasteiger partial charge in [0.2, 0.25) is 0 Å². The van der Waals surface area contributed by atoms with Crippen LogP contribution in [0.15, 0.2) is 188 Å². The SMILES string of the molecule is c1ccc(-c2ccc(N(c3ccc(-c4c(-c5ccccc5)ccc5ccccc45)cc3)c3ccc4c(c3)sc3ccccc34)cc2)cc1. The van der Waals surface area contributed by atoms with E-state index in [-0.39, 0.29) is 0 Å². The Hall–Kier alpha value is -5.96. The van der Waals surface area contributed by atoms with Crippen LogP contribution >= 0.6 is 11.3 Å². The second-order valence-corrected chi connectivity index (χ2v) is 13.2. The number of thiophene rings is 1. The van der Waals surface area contributed by atoms with Gasteiger partial charge in [0.25, 0.3) is 0 Å². The van der Waals surface area contributed by atoms with Gasteiger partial charge in [-0.3, -0.25) is 0 Å². The number of anilines is 3. The fourth-order valence-electron chi connectivity index (χ4n) is 6.95. The molecule has 0 bridgehead atoms. The van der Waals surface area contributed by atoms with Gasteiger partial charge in [-0.1, -0.05) is 146 Å². The normalized spacial score (nSPS) is 11.3. The van der Waals surface area contributed by atoms with Gasteiger partial charge in [0.1, 0.15) is 0 Å². The first kappa shape index (κ1) is 28.3. The summed E-state index contributed by atoms with van der Waals surface area (Å²) in [6, 6.07) is 68.1.